The van der Waals surface area contributed by atoms with E-state index in [9.17, 15) is 31.5 Å². The van der Waals surface area contributed by atoms with Gasteiger partial charge in [-0.25, -0.2) is 8.78 Å². The molecule has 106 valence electrons. The number of methoxy groups -OCH3 is 1. The minimum atomic E-state index is -5.24. The van der Waals surface area contributed by atoms with Crippen molar-refractivity contribution in [2.45, 2.75) is 19.0 Å². The molecule has 0 atom stereocenters. The van der Waals surface area contributed by atoms with Gasteiger partial charge in [-0.3, -0.25) is 9.59 Å². The zero-order valence-electron chi connectivity index (χ0n) is 9.48. The minimum absolute atomic E-state index is 0.594. The number of hydrogen-bond acceptors (Lipinski definition) is 3. The van der Waals surface area contributed by atoms with Crippen LogP contribution in [0, 0.1) is 0 Å². The second-order valence-corrected chi connectivity index (χ2v) is 3.48. The molecule has 0 unspecified atom stereocenters. The molecule has 1 heterocycles. The first-order chi connectivity index (χ1) is 8.68. The predicted molar refractivity (Wildman–Crippen MR) is 52.7 cm³/mol. The molecule has 0 amide bonds. The van der Waals surface area contributed by atoms with Crippen molar-refractivity contribution in [1.82, 2.24) is 4.98 Å². The molecule has 0 saturated heterocycles. The standard InChI is InChI=1S/C10H8F5NO3/c1-19-5(17)2-4-3-16-7(9(11)12)6(8(4)18)10(13,14)15/h3,9H,2H2,1H3,(H,16,18). The lowest BCUT2D eigenvalue weighted by Gasteiger charge is -2.12. The van der Waals surface area contributed by atoms with Gasteiger partial charge in [0.25, 0.3) is 6.43 Å². The van der Waals surface area contributed by atoms with Gasteiger partial charge in [0.1, 0.15) is 5.56 Å². The number of carbonyl (C=O) groups is 1. The second-order valence-electron chi connectivity index (χ2n) is 3.48. The van der Waals surface area contributed by atoms with Gasteiger partial charge in [-0.2, -0.15) is 13.2 Å². The van der Waals surface area contributed by atoms with E-state index >= 15 is 0 Å². The van der Waals surface area contributed by atoms with Crippen LogP contribution in [0.25, 0.3) is 0 Å². The van der Waals surface area contributed by atoms with Crippen LogP contribution in [0.2, 0.25) is 0 Å². The van der Waals surface area contributed by atoms with Gasteiger partial charge in [-0.1, -0.05) is 0 Å². The number of alkyl halides is 5. The molecule has 0 aliphatic heterocycles. The van der Waals surface area contributed by atoms with Crippen LogP contribution in [0.15, 0.2) is 11.0 Å². The number of pyridine rings is 1. The number of rotatable bonds is 3. The Morgan fingerprint density at radius 3 is 2.42 bits per heavy atom. The van der Waals surface area contributed by atoms with Crippen molar-refractivity contribution in [3.63, 3.8) is 0 Å². The molecular formula is C10H8F5NO3. The molecule has 19 heavy (non-hydrogen) atoms. The Labute approximate surface area is 103 Å². The maximum atomic E-state index is 12.6. The molecule has 1 rings (SSSR count). The Bertz CT molecular complexity index is 535. The van der Waals surface area contributed by atoms with Gasteiger partial charge in [0.2, 0.25) is 0 Å². The first kappa shape index (κ1) is 15.1. The van der Waals surface area contributed by atoms with Crippen molar-refractivity contribution in [2.75, 3.05) is 7.11 Å². The van der Waals surface area contributed by atoms with E-state index in [-0.39, 0.29) is 0 Å². The Hall–Kier alpha value is -1.93. The highest BCUT2D eigenvalue weighted by molar-refractivity contribution is 5.72. The number of aromatic nitrogens is 1. The average Bonchev–Trinajstić information content (AvgIpc) is 2.29. The zero-order valence-corrected chi connectivity index (χ0v) is 9.48. The van der Waals surface area contributed by atoms with E-state index in [2.05, 4.69) is 4.74 Å². The predicted octanol–water partition coefficient (Wildman–Crippen LogP) is 2.05. The lowest BCUT2D eigenvalue weighted by molar-refractivity contribution is -0.142. The number of aromatic amines is 1. The molecule has 0 radical (unpaired) electrons. The van der Waals surface area contributed by atoms with Gasteiger partial charge < -0.3 is 9.72 Å². The molecule has 0 bridgehead atoms. The summed E-state index contributed by atoms with van der Waals surface area (Å²) < 4.78 is 66.9. The van der Waals surface area contributed by atoms with Crippen molar-refractivity contribution < 1.29 is 31.5 Å². The minimum Gasteiger partial charge on any atom is -0.469 e. The topological polar surface area (TPSA) is 59.2 Å². The summed E-state index contributed by atoms with van der Waals surface area (Å²) in [6, 6.07) is 0. The first-order valence-electron chi connectivity index (χ1n) is 4.85. The summed E-state index contributed by atoms with van der Waals surface area (Å²) >= 11 is 0. The monoisotopic (exact) mass is 285 g/mol. The molecule has 0 aromatic carbocycles. The van der Waals surface area contributed by atoms with Crippen LogP contribution >= 0.6 is 0 Å². The fraction of sp³-hybridized carbons (Fsp3) is 0.400. The van der Waals surface area contributed by atoms with E-state index in [4.69, 9.17) is 0 Å². The van der Waals surface area contributed by atoms with Gasteiger partial charge in [-0.05, 0) is 0 Å². The molecule has 0 aliphatic carbocycles. The molecule has 1 aromatic rings. The van der Waals surface area contributed by atoms with Crippen LogP contribution in [0.5, 0.6) is 0 Å². The number of ether oxygens (including phenoxy) is 1. The smallest absolute Gasteiger partial charge is 0.422 e. The molecule has 9 heteroatoms. The van der Waals surface area contributed by atoms with E-state index < -0.39 is 47.2 Å². The van der Waals surface area contributed by atoms with Gasteiger partial charge >= 0.3 is 12.1 Å². The molecular weight excluding hydrogens is 277 g/mol. The van der Waals surface area contributed by atoms with E-state index in [0.29, 0.717) is 6.20 Å². The molecule has 4 nitrogen and oxygen atoms in total. The summed E-state index contributed by atoms with van der Waals surface area (Å²) in [5.41, 5.74) is -5.77. The van der Waals surface area contributed by atoms with Crippen molar-refractivity contribution >= 4 is 5.97 Å². The highest BCUT2D eigenvalue weighted by Crippen LogP contribution is 2.33. The van der Waals surface area contributed by atoms with Gasteiger partial charge in [0, 0.05) is 11.8 Å². The van der Waals surface area contributed by atoms with E-state index in [0.717, 1.165) is 7.11 Å². The van der Waals surface area contributed by atoms with Crippen LogP contribution in [0.4, 0.5) is 22.0 Å². The number of carbonyl (C=O) groups excluding carboxylic acids is 1. The Morgan fingerprint density at radius 2 is 2.00 bits per heavy atom. The quantitative estimate of drug-likeness (QED) is 0.683. The summed E-state index contributed by atoms with van der Waals surface area (Å²) in [7, 11) is 0.981. The number of hydrogen-bond donors (Lipinski definition) is 1. The highest BCUT2D eigenvalue weighted by atomic mass is 19.4. The highest BCUT2D eigenvalue weighted by Gasteiger charge is 2.40. The van der Waals surface area contributed by atoms with Crippen LogP contribution in [-0.4, -0.2) is 18.1 Å². The maximum absolute atomic E-state index is 12.6. The van der Waals surface area contributed by atoms with Crippen molar-refractivity contribution in [3.8, 4) is 0 Å². The number of nitrogens with one attached hydrogen (secondary N) is 1. The largest absolute Gasteiger partial charge is 0.469 e. The molecule has 0 fully saturated rings. The third kappa shape index (κ3) is 3.30. The normalized spacial score (nSPS) is 11.7. The Morgan fingerprint density at radius 1 is 1.42 bits per heavy atom. The summed E-state index contributed by atoms with van der Waals surface area (Å²) in [5.74, 6) is -0.955. The van der Waals surface area contributed by atoms with Crippen molar-refractivity contribution in [3.05, 3.63) is 33.2 Å². The Balaban J connectivity index is 3.43. The van der Waals surface area contributed by atoms with Crippen LogP contribution < -0.4 is 5.43 Å². The number of halogens is 5. The SMILES string of the molecule is COC(=O)Cc1c[nH]c(C(F)F)c(C(F)(F)F)c1=O. The van der Waals surface area contributed by atoms with Crippen molar-refractivity contribution in [2.24, 2.45) is 0 Å². The molecule has 0 saturated carbocycles. The fourth-order valence-electron chi connectivity index (χ4n) is 1.40. The molecule has 0 aliphatic rings. The van der Waals surface area contributed by atoms with E-state index in [1.807, 2.05) is 0 Å². The van der Waals surface area contributed by atoms with E-state index in [1.165, 1.54) is 0 Å². The molecule has 0 spiro atoms. The average molecular weight is 285 g/mol. The summed E-state index contributed by atoms with van der Waals surface area (Å²) in [6.07, 6.45) is -8.82. The lowest BCUT2D eigenvalue weighted by atomic mass is 10.1. The second kappa shape index (κ2) is 5.37. The van der Waals surface area contributed by atoms with Crippen LogP contribution in [0.3, 0.4) is 0 Å². The van der Waals surface area contributed by atoms with Gasteiger partial charge in [-0.15, -0.1) is 0 Å². The third-order valence-corrected chi connectivity index (χ3v) is 2.25. The van der Waals surface area contributed by atoms with Gasteiger partial charge in [0.15, 0.2) is 5.43 Å². The van der Waals surface area contributed by atoms with Crippen LogP contribution in [0.1, 0.15) is 23.2 Å². The van der Waals surface area contributed by atoms with Gasteiger partial charge in [0.05, 0.1) is 19.2 Å². The summed E-state index contributed by atoms with van der Waals surface area (Å²) in [6.45, 7) is 0. The van der Waals surface area contributed by atoms with E-state index in [1.54, 1.807) is 4.98 Å². The zero-order chi connectivity index (χ0) is 14.8. The fourth-order valence-corrected chi connectivity index (χ4v) is 1.40. The maximum Gasteiger partial charge on any atom is 0.422 e. The number of esters is 1. The van der Waals surface area contributed by atoms with Crippen molar-refractivity contribution in [1.29, 1.82) is 0 Å². The summed E-state index contributed by atoms with van der Waals surface area (Å²) in [4.78, 5) is 24.1. The lowest BCUT2D eigenvalue weighted by Crippen LogP contribution is -2.27. The molecule has 1 N–H and O–H groups in total. The third-order valence-electron chi connectivity index (χ3n) is 2.25. The summed E-state index contributed by atoms with van der Waals surface area (Å²) in [5, 5.41) is 0. The first-order valence-corrected chi connectivity index (χ1v) is 4.85. The molecule has 1 aromatic heterocycles. The Kier molecular flexibility index (Phi) is 4.28. The van der Waals surface area contributed by atoms with Crippen LogP contribution in [-0.2, 0) is 22.1 Å². The number of H-pyrrole nitrogens is 1.